The molecule has 0 radical (unpaired) electrons. The fourth-order valence-corrected chi connectivity index (χ4v) is 3.32. The van der Waals surface area contributed by atoms with Gasteiger partial charge in [0.05, 0.1) is 18.2 Å². The summed E-state index contributed by atoms with van der Waals surface area (Å²) in [6.07, 6.45) is -2.72. The van der Waals surface area contributed by atoms with Crippen LogP contribution in [-0.4, -0.2) is 18.0 Å². The van der Waals surface area contributed by atoms with Crippen molar-refractivity contribution < 1.29 is 27.1 Å². The molecule has 0 bridgehead atoms. The maximum atomic E-state index is 14.0. The van der Waals surface area contributed by atoms with Crippen molar-refractivity contribution >= 4 is 22.4 Å². The molecule has 9 heteroatoms. The molecule has 1 heterocycles. The summed E-state index contributed by atoms with van der Waals surface area (Å²) in [4.78, 5) is 16.9. The van der Waals surface area contributed by atoms with Gasteiger partial charge in [0, 0.05) is 23.6 Å². The minimum absolute atomic E-state index is 0.171. The Morgan fingerprint density at radius 2 is 2.00 bits per heavy atom. The van der Waals surface area contributed by atoms with E-state index in [0.717, 1.165) is 29.5 Å². The average Bonchev–Trinajstić information content (AvgIpc) is 3.07. The van der Waals surface area contributed by atoms with Crippen LogP contribution in [-0.2, 0) is 12.6 Å². The van der Waals surface area contributed by atoms with Crippen molar-refractivity contribution in [2.75, 3.05) is 12.4 Å². The van der Waals surface area contributed by atoms with Crippen molar-refractivity contribution in [2.24, 2.45) is 0 Å². The Morgan fingerprint density at radius 3 is 2.68 bits per heavy atom. The van der Waals surface area contributed by atoms with E-state index in [1.165, 1.54) is 31.5 Å². The van der Waals surface area contributed by atoms with Crippen molar-refractivity contribution in [2.45, 2.75) is 12.6 Å². The van der Waals surface area contributed by atoms with Gasteiger partial charge in [0.15, 0.2) is 5.13 Å². The van der Waals surface area contributed by atoms with Crippen LogP contribution in [0.4, 0.5) is 22.7 Å². The highest BCUT2D eigenvalue weighted by Crippen LogP contribution is 2.30. The largest absolute Gasteiger partial charge is 0.497 e. The van der Waals surface area contributed by atoms with E-state index in [4.69, 9.17) is 4.74 Å². The first-order chi connectivity index (χ1) is 13.3. The molecule has 3 aromatic rings. The van der Waals surface area contributed by atoms with E-state index in [1.807, 2.05) is 0 Å². The van der Waals surface area contributed by atoms with Crippen LogP contribution in [0, 0.1) is 5.82 Å². The lowest BCUT2D eigenvalue weighted by Gasteiger charge is -2.08. The summed E-state index contributed by atoms with van der Waals surface area (Å²) < 4.78 is 57.3. The number of benzene rings is 2. The highest BCUT2D eigenvalue weighted by Gasteiger charge is 2.30. The molecule has 4 nitrogen and oxygen atoms in total. The minimum atomic E-state index is -4.41. The van der Waals surface area contributed by atoms with Crippen molar-refractivity contribution in [1.82, 2.24) is 4.98 Å². The van der Waals surface area contributed by atoms with E-state index in [-0.39, 0.29) is 22.9 Å². The van der Waals surface area contributed by atoms with Crippen molar-refractivity contribution in [1.29, 1.82) is 0 Å². The Balaban J connectivity index is 1.70. The lowest BCUT2D eigenvalue weighted by molar-refractivity contribution is -0.137. The molecule has 0 fully saturated rings. The Morgan fingerprint density at radius 1 is 1.21 bits per heavy atom. The summed E-state index contributed by atoms with van der Waals surface area (Å²) in [7, 11) is 1.38. The molecule has 0 saturated heterocycles. The molecule has 0 saturated carbocycles. The molecule has 1 N–H and O–H groups in total. The Bertz CT molecular complexity index is 1000. The highest BCUT2D eigenvalue weighted by molar-refractivity contribution is 7.15. The smallest absolute Gasteiger partial charge is 0.416 e. The number of hydrogen-bond donors (Lipinski definition) is 1. The Hall–Kier alpha value is -2.94. The molecule has 0 aliphatic carbocycles. The number of nitrogens with zero attached hydrogens (tertiary/aromatic N) is 1. The third-order valence-corrected chi connectivity index (χ3v) is 4.74. The minimum Gasteiger partial charge on any atom is -0.497 e. The summed E-state index contributed by atoms with van der Waals surface area (Å²) in [5.74, 6) is -1.13. The van der Waals surface area contributed by atoms with Gasteiger partial charge in [-0.05, 0) is 23.8 Å². The zero-order chi connectivity index (χ0) is 20.3. The molecule has 0 unspecified atom stereocenters. The van der Waals surface area contributed by atoms with Crippen LogP contribution in [0.5, 0.6) is 5.75 Å². The molecule has 0 spiro atoms. The van der Waals surface area contributed by atoms with Gasteiger partial charge in [-0.25, -0.2) is 9.37 Å². The van der Waals surface area contributed by atoms with Crippen LogP contribution in [0.15, 0.2) is 48.7 Å². The van der Waals surface area contributed by atoms with Gasteiger partial charge in [-0.3, -0.25) is 10.1 Å². The van der Waals surface area contributed by atoms with Gasteiger partial charge in [-0.1, -0.05) is 18.2 Å². The quantitative estimate of drug-likeness (QED) is 0.592. The zero-order valence-corrected chi connectivity index (χ0v) is 15.3. The molecule has 28 heavy (non-hydrogen) atoms. The molecular weight excluding hydrogens is 396 g/mol. The standard InChI is InChI=1S/C19H14F4N2O2S/c1-27-13-5-6-15(16(20)9-13)17(26)25-18-24-10-14(28-18)8-11-3-2-4-12(7-11)19(21,22)23/h2-7,9-10H,8H2,1H3,(H,24,25,26). The molecule has 0 atom stereocenters. The second-order valence-corrected chi connectivity index (χ2v) is 6.92. The molecule has 146 valence electrons. The van der Waals surface area contributed by atoms with Crippen LogP contribution in [0.1, 0.15) is 26.4 Å². The predicted octanol–water partition coefficient (Wildman–Crippen LogP) is 5.15. The Kier molecular flexibility index (Phi) is 5.64. The van der Waals surface area contributed by atoms with Crippen molar-refractivity contribution in [3.63, 3.8) is 0 Å². The number of rotatable bonds is 5. The third-order valence-electron chi connectivity index (χ3n) is 3.83. The number of ether oxygens (including phenoxy) is 1. The van der Waals surface area contributed by atoms with Crippen LogP contribution in [0.25, 0.3) is 0 Å². The van der Waals surface area contributed by atoms with Gasteiger partial charge in [0.1, 0.15) is 11.6 Å². The lowest BCUT2D eigenvalue weighted by Crippen LogP contribution is -2.13. The van der Waals surface area contributed by atoms with E-state index in [0.29, 0.717) is 10.4 Å². The molecule has 0 aliphatic rings. The number of halogens is 4. The van der Waals surface area contributed by atoms with Crippen LogP contribution < -0.4 is 10.1 Å². The summed E-state index contributed by atoms with van der Waals surface area (Å²) in [5.41, 5.74) is -0.425. The molecule has 1 aromatic heterocycles. The molecular formula is C19H14F4N2O2S. The van der Waals surface area contributed by atoms with Crippen molar-refractivity contribution in [3.05, 3.63) is 76.0 Å². The van der Waals surface area contributed by atoms with Crippen molar-refractivity contribution in [3.8, 4) is 5.75 Å². The summed E-state index contributed by atoms with van der Waals surface area (Å²) in [6, 6.07) is 8.85. The fourth-order valence-electron chi connectivity index (χ4n) is 2.48. The molecule has 0 aliphatic heterocycles. The first kappa shape index (κ1) is 19.8. The van der Waals surface area contributed by atoms with E-state index in [1.54, 1.807) is 6.07 Å². The van der Waals surface area contributed by atoms with Gasteiger partial charge in [-0.15, -0.1) is 11.3 Å². The van der Waals surface area contributed by atoms with Gasteiger partial charge in [0.25, 0.3) is 5.91 Å². The summed E-state index contributed by atoms with van der Waals surface area (Å²) >= 11 is 1.11. The number of aromatic nitrogens is 1. The summed E-state index contributed by atoms with van der Waals surface area (Å²) in [5, 5.41) is 2.71. The number of hydrogen-bond acceptors (Lipinski definition) is 4. The third kappa shape index (κ3) is 4.66. The number of nitrogens with one attached hydrogen (secondary N) is 1. The maximum Gasteiger partial charge on any atom is 0.416 e. The second-order valence-electron chi connectivity index (χ2n) is 5.81. The second kappa shape index (κ2) is 7.97. The molecule has 1 amide bonds. The normalized spacial score (nSPS) is 11.3. The SMILES string of the molecule is COc1ccc(C(=O)Nc2ncc(Cc3cccc(C(F)(F)F)c3)s2)c(F)c1. The molecule has 2 aromatic carbocycles. The molecule has 3 rings (SSSR count). The number of alkyl halides is 3. The first-order valence-corrected chi connectivity index (χ1v) is 8.83. The monoisotopic (exact) mass is 410 g/mol. The first-order valence-electron chi connectivity index (χ1n) is 8.02. The van der Waals surface area contributed by atoms with E-state index < -0.39 is 23.5 Å². The van der Waals surface area contributed by atoms with Crippen LogP contribution in [0.3, 0.4) is 0 Å². The van der Waals surface area contributed by atoms with E-state index in [2.05, 4.69) is 10.3 Å². The number of thiazole rings is 1. The van der Waals surface area contributed by atoms with Crippen LogP contribution >= 0.6 is 11.3 Å². The van der Waals surface area contributed by atoms with Gasteiger partial charge < -0.3 is 4.74 Å². The van der Waals surface area contributed by atoms with Crippen LogP contribution in [0.2, 0.25) is 0 Å². The summed E-state index contributed by atoms with van der Waals surface area (Å²) in [6.45, 7) is 0. The number of anilines is 1. The van der Waals surface area contributed by atoms with E-state index in [9.17, 15) is 22.4 Å². The predicted molar refractivity (Wildman–Crippen MR) is 97.3 cm³/mol. The maximum absolute atomic E-state index is 14.0. The number of carbonyl (C=O) groups is 1. The van der Waals surface area contributed by atoms with E-state index >= 15 is 0 Å². The van der Waals surface area contributed by atoms with Gasteiger partial charge >= 0.3 is 6.18 Å². The highest BCUT2D eigenvalue weighted by atomic mass is 32.1. The average molecular weight is 410 g/mol. The topological polar surface area (TPSA) is 51.2 Å². The van der Waals surface area contributed by atoms with Gasteiger partial charge in [-0.2, -0.15) is 13.2 Å². The Labute approximate surface area is 161 Å². The van der Waals surface area contributed by atoms with Gasteiger partial charge in [0.2, 0.25) is 0 Å². The number of carbonyl (C=O) groups excluding carboxylic acids is 1. The number of methoxy groups -OCH3 is 1. The number of amides is 1. The zero-order valence-electron chi connectivity index (χ0n) is 14.5. The fraction of sp³-hybridized carbons (Fsp3) is 0.158. The lowest BCUT2D eigenvalue weighted by atomic mass is 10.1.